The van der Waals surface area contributed by atoms with Crippen LogP contribution in [0.4, 0.5) is 17.3 Å². The maximum absolute atomic E-state index is 10.6. The van der Waals surface area contributed by atoms with Crippen LogP contribution in [0.2, 0.25) is 0 Å². The molecule has 27 heavy (non-hydrogen) atoms. The lowest BCUT2D eigenvalue weighted by molar-refractivity contribution is -0.147. The van der Waals surface area contributed by atoms with Crippen molar-refractivity contribution in [2.75, 3.05) is 18.9 Å². The first-order valence-electron chi connectivity index (χ1n) is 8.55. The lowest BCUT2D eigenvalue weighted by Crippen LogP contribution is -2.67. The Kier molecular flexibility index (Phi) is 4.60. The van der Waals surface area contributed by atoms with Gasteiger partial charge in [0, 0.05) is 6.42 Å². The first kappa shape index (κ1) is 18.6. The summed E-state index contributed by atoms with van der Waals surface area (Å²) >= 11 is 0. The third kappa shape index (κ3) is 2.57. The number of hydrogen-bond donors (Lipinski definition) is 6. The van der Waals surface area contributed by atoms with E-state index >= 15 is 0 Å². The molecule has 1 unspecified atom stereocenters. The van der Waals surface area contributed by atoms with E-state index in [2.05, 4.69) is 15.0 Å². The summed E-state index contributed by atoms with van der Waals surface area (Å²) in [5.74, 6) is 0.314. The largest absolute Gasteiger partial charge is 0.394 e. The van der Waals surface area contributed by atoms with Crippen LogP contribution in [0.3, 0.4) is 0 Å². The molecule has 2 saturated heterocycles. The lowest BCUT2D eigenvalue weighted by atomic mass is 10.1. The van der Waals surface area contributed by atoms with Gasteiger partial charge in [-0.1, -0.05) is 0 Å². The number of ether oxygens (including phenoxy) is 2. The Morgan fingerprint density at radius 2 is 1.85 bits per heavy atom. The van der Waals surface area contributed by atoms with E-state index in [0.29, 0.717) is 0 Å². The molecule has 0 aromatic carbocycles. The molecule has 3 aliphatic heterocycles. The molecule has 0 radical (unpaired) electrons. The van der Waals surface area contributed by atoms with Gasteiger partial charge in [0.2, 0.25) is 18.8 Å². The number of fused-ring (bicyclic) bond motifs is 1. The molecule has 2 fully saturated rings. The molecule has 4 rings (SSSR count). The van der Waals surface area contributed by atoms with E-state index in [4.69, 9.17) is 15.2 Å². The van der Waals surface area contributed by atoms with Crippen LogP contribution in [0.25, 0.3) is 0 Å². The van der Waals surface area contributed by atoms with Crippen LogP contribution in [-0.2, 0) is 9.47 Å². The van der Waals surface area contributed by atoms with Crippen molar-refractivity contribution in [1.82, 2.24) is 14.5 Å². The minimum absolute atomic E-state index is 0.0918. The van der Waals surface area contributed by atoms with Crippen molar-refractivity contribution in [1.29, 1.82) is 0 Å². The van der Waals surface area contributed by atoms with Crippen molar-refractivity contribution in [2.24, 2.45) is 4.99 Å². The SMILES string of the molecule is Nc1ncnc2c1N=C[N+]2([C@@H]1O[C@H](CO)[C@@H](O)[C@H]1O)[C@@H]1O[C@H](CO)C[C@H]1O. The lowest BCUT2D eigenvalue weighted by Gasteiger charge is -2.40. The molecule has 0 spiro atoms. The van der Waals surface area contributed by atoms with Crippen LogP contribution in [0.1, 0.15) is 6.42 Å². The maximum Gasteiger partial charge on any atom is 0.269 e. The van der Waals surface area contributed by atoms with E-state index in [1.54, 1.807) is 0 Å². The molecule has 0 aliphatic carbocycles. The molecule has 8 atom stereocenters. The zero-order chi connectivity index (χ0) is 19.3. The zero-order valence-electron chi connectivity index (χ0n) is 14.2. The normalized spacial score (nSPS) is 43.4. The van der Waals surface area contributed by atoms with Crippen LogP contribution >= 0.6 is 0 Å². The van der Waals surface area contributed by atoms with Gasteiger partial charge in [0.05, 0.1) is 19.3 Å². The summed E-state index contributed by atoms with van der Waals surface area (Å²) < 4.78 is 11.0. The van der Waals surface area contributed by atoms with Crippen molar-refractivity contribution >= 4 is 23.7 Å². The highest BCUT2D eigenvalue weighted by Gasteiger charge is 2.64. The van der Waals surface area contributed by atoms with Gasteiger partial charge in [0.1, 0.15) is 24.6 Å². The van der Waals surface area contributed by atoms with Crippen molar-refractivity contribution in [2.45, 2.75) is 49.4 Å². The number of aromatic nitrogens is 2. The monoisotopic (exact) mass is 384 g/mol. The fourth-order valence-corrected chi connectivity index (χ4v) is 3.98. The van der Waals surface area contributed by atoms with Gasteiger partial charge in [-0.2, -0.15) is 14.5 Å². The summed E-state index contributed by atoms with van der Waals surface area (Å²) in [5.41, 5.74) is 6.12. The maximum atomic E-state index is 10.6. The van der Waals surface area contributed by atoms with Gasteiger partial charge in [-0.25, -0.2) is 4.98 Å². The van der Waals surface area contributed by atoms with Gasteiger partial charge in [-0.15, -0.1) is 0 Å². The van der Waals surface area contributed by atoms with Crippen molar-refractivity contribution in [3.63, 3.8) is 0 Å². The van der Waals surface area contributed by atoms with E-state index in [1.165, 1.54) is 12.7 Å². The number of hydrogen-bond acceptors (Lipinski definition) is 11. The number of nitrogen functional groups attached to an aromatic ring is 1. The van der Waals surface area contributed by atoms with Crippen molar-refractivity contribution in [3.8, 4) is 0 Å². The van der Waals surface area contributed by atoms with Gasteiger partial charge >= 0.3 is 0 Å². The molecular formula is C15H22N5O7+. The Bertz CT molecular complexity index is 751. The summed E-state index contributed by atoms with van der Waals surface area (Å²) in [6.07, 6.45) is -5.00. The van der Waals surface area contributed by atoms with Crippen molar-refractivity contribution < 1.29 is 35.0 Å². The first-order valence-corrected chi connectivity index (χ1v) is 8.55. The van der Waals surface area contributed by atoms with E-state index < -0.39 is 54.1 Å². The highest BCUT2D eigenvalue weighted by atomic mass is 16.6. The second-order valence-electron chi connectivity index (χ2n) is 6.87. The number of anilines is 1. The Morgan fingerprint density at radius 1 is 1.07 bits per heavy atom. The molecule has 0 bridgehead atoms. The Labute approximate surface area is 153 Å². The Balaban J connectivity index is 1.84. The second kappa shape index (κ2) is 6.68. The predicted octanol–water partition coefficient (Wildman–Crippen LogP) is -3.05. The first-order chi connectivity index (χ1) is 12.9. The van der Waals surface area contributed by atoms with Crippen LogP contribution in [0, 0.1) is 0 Å². The zero-order valence-corrected chi connectivity index (χ0v) is 14.2. The van der Waals surface area contributed by atoms with Crippen molar-refractivity contribution in [3.05, 3.63) is 6.33 Å². The average Bonchev–Trinajstić information content (AvgIpc) is 3.31. The number of quaternary nitrogens is 1. The van der Waals surface area contributed by atoms with E-state index in [0.717, 1.165) is 0 Å². The van der Waals surface area contributed by atoms with Gasteiger partial charge < -0.3 is 40.7 Å². The van der Waals surface area contributed by atoms with Crippen LogP contribution in [0.15, 0.2) is 11.3 Å². The van der Waals surface area contributed by atoms with E-state index in [9.17, 15) is 25.5 Å². The predicted molar refractivity (Wildman–Crippen MR) is 90.5 cm³/mol. The van der Waals surface area contributed by atoms with Gasteiger partial charge in [0.25, 0.3) is 5.82 Å². The van der Waals surface area contributed by atoms with E-state index in [-0.39, 0.29) is 30.4 Å². The van der Waals surface area contributed by atoms with Crippen LogP contribution < -0.4 is 10.2 Å². The highest BCUT2D eigenvalue weighted by molar-refractivity contribution is 5.91. The number of aliphatic hydroxyl groups excluding tert-OH is 5. The molecule has 148 valence electrons. The van der Waals surface area contributed by atoms with Gasteiger partial charge in [-0.3, -0.25) is 0 Å². The molecule has 12 heteroatoms. The molecule has 1 aromatic heterocycles. The molecular weight excluding hydrogens is 362 g/mol. The number of aliphatic imine (C=N–C) groups is 1. The number of nitrogens with zero attached hydrogens (tertiary/aromatic N) is 4. The smallest absolute Gasteiger partial charge is 0.269 e. The van der Waals surface area contributed by atoms with Gasteiger partial charge in [-0.05, 0) is 0 Å². The standard InChI is InChI=1S/C15H22N5O7/c16-12-9-13(18-4-17-12)20(5-19-9,14-7(23)1-6(2-21)26-14)15-11(25)10(24)8(3-22)27-15/h4-8,10-11,14-15,21-25H,1-3H2,(H2,16,17,18)/q+1/t6-,7+,8+,10+,11+,14+,15+,20?/m0/s1. The molecule has 7 N–H and O–H groups in total. The fourth-order valence-electron chi connectivity index (χ4n) is 3.98. The molecule has 12 nitrogen and oxygen atoms in total. The minimum atomic E-state index is -1.43. The molecule has 1 aromatic rings. The molecule has 3 aliphatic rings. The van der Waals surface area contributed by atoms with Gasteiger partial charge in [0.15, 0.2) is 17.6 Å². The third-order valence-electron chi connectivity index (χ3n) is 5.30. The highest BCUT2D eigenvalue weighted by Crippen LogP contribution is 2.47. The molecule has 0 saturated carbocycles. The average molecular weight is 384 g/mol. The number of rotatable bonds is 4. The Hall–Kier alpha value is -1.77. The summed E-state index contributed by atoms with van der Waals surface area (Å²) in [7, 11) is 0. The fraction of sp³-hybridized carbons (Fsp3) is 0.667. The molecule has 0 amide bonds. The molecule has 4 heterocycles. The van der Waals surface area contributed by atoms with E-state index in [1.807, 2.05) is 0 Å². The van der Waals surface area contributed by atoms with Crippen LogP contribution in [0.5, 0.6) is 0 Å². The second-order valence-corrected chi connectivity index (χ2v) is 6.87. The Morgan fingerprint density at radius 3 is 2.48 bits per heavy atom. The summed E-state index contributed by atoms with van der Waals surface area (Å²) in [6.45, 7) is -0.822. The summed E-state index contributed by atoms with van der Waals surface area (Å²) in [4.78, 5) is 12.4. The van der Waals surface area contributed by atoms with Crippen LogP contribution in [-0.4, -0.2) is 98.0 Å². The topological polar surface area (TPSA) is 184 Å². The summed E-state index contributed by atoms with van der Waals surface area (Å²) in [5, 5.41) is 50.3. The third-order valence-corrected chi connectivity index (χ3v) is 5.30. The summed E-state index contributed by atoms with van der Waals surface area (Å²) in [6, 6.07) is 0. The number of aliphatic hydroxyl groups is 5. The minimum Gasteiger partial charge on any atom is -0.394 e. The number of nitrogens with two attached hydrogens (primary N) is 1. The quantitative estimate of drug-likeness (QED) is 0.291.